The second kappa shape index (κ2) is 12.8. The van der Waals surface area contributed by atoms with Crippen molar-refractivity contribution in [2.45, 2.75) is 64.3 Å². The molecule has 1 N–H and O–H groups in total. The van der Waals surface area contributed by atoms with E-state index in [2.05, 4.69) is 17.9 Å². The van der Waals surface area contributed by atoms with Gasteiger partial charge in [-0.15, -0.1) is 0 Å². The molecule has 1 aromatic rings. The quantitative estimate of drug-likeness (QED) is 0.424. The average molecular weight is 308 g/mol. The average Bonchev–Trinajstić information content (AvgIpc) is 2.52. The standard InChI is InChI=1S/C18H29NOS/c20-18(19-16-17-12-8-7-9-13-17)14-10-5-3-1-2-4-6-11-15-21/h7-9,12-13,21H,1-6,10-11,14-16H2,(H,19,20). The van der Waals surface area contributed by atoms with Gasteiger partial charge in [0.15, 0.2) is 0 Å². The Morgan fingerprint density at radius 1 is 0.857 bits per heavy atom. The third kappa shape index (κ3) is 10.4. The maximum Gasteiger partial charge on any atom is 0.220 e. The van der Waals surface area contributed by atoms with Crippen molar-refractivity contribution in [1.29, 1.82) is 0 Å². The molecule has 0 spiro atoms. The molecule has 0 fully saturated rings. The molecule has 0 atom stereocenters. The maximum atomic E-state index is 11.7. The number of nitrogens with one attached hydrogen (secondary N) is 1. The lowest BCUT2D eigenvalue weighted by atomic mass is 10.1. The molecule has 0 saturated heterocycles. The summed E-state index contributed by atoms with van der Waals surface area (Å²) in [6.45, 7) is 0.644. The fourth-order valence-electron chi connectivity index (χ4n) is 2.34. The summed E-state index contributed by atoms with van der Waals surface area (Å²) >= 11 is 4.21. The summed E-state index contributed by atoms with van der Waals surface area (Å²) in [6.07, 6.45) is 10.6. The highest BCUT2D eigenvalue weighted by Crippen LogP contribution is 2.10. The Morgan fingerprint density at radius 3 is 2.05 bits per heavy atom. The van der Waals surface area contributed by atoms with Crippen molar-refractivity contribution >= 4 is 18.5 Å². The fraction of sp³-hybridized carbons (Fsp3) is 0.611. The molecule has 2 nitrogen and oxygen atoms in total. The van der Waals surface area contributed by atoms with Gasteiger partial charge >= 0.3 is 0 Å². The SMILES string of the molecule is O=C(CCCCCCCCCCS)NCc1ccccc1. The van der Waals surface area contributed by atoms with Crippen LogP contribution in [0.2, 0.25) is 0 Å². The monoisotopic (exact) mass is 307 g/mol. The van der Waals surface area contributed by atoms with Crippen LogP contribution in [0.15, 0.2) is 30.3 Å². The van der Waals surface area contributed by atoms with Crippen LogP contribution in [0.3, 0.4) is 0 Å². The Labute approximate surface area is 135 Å². The molecular formula is C18H29NOS. The smallest absolute Gasteiger partial charge is 0.220 e. The number of rotatable bonds is 12. The van der Waals surface area contributed by atoms with E-state index in [-0.39, 0.29) is 5.91 Å². The first-order chi connectivity index (χ1) is 10.3. The Bertz CT molecular complexity index is 367. The molecular weight excluding hydrogens is 278 g/mol. The van der Waals surface area contributed by atoms with Gasteiger partial charge in [-0.05, 0) is 24.2 Å². The lowest BCUT2D eigenvalue weighted by Crippen LogP contribution is -2.22. The number of carbonyl (C=O) groups excluding carboxylic acids is 1. The molecule has 3 heteroatoms. The highest BCUT2D eigenvalue weighted by atomic mass is 32.1. The van der Waals surface area contributed by atoms with Crippen LogP contribution in [0.4, 0.5) is 0 Å². The molecule has 0 radical (unpaired) electrons. The van der Waals surface area contributed by atoms with E-state index < -0.39 is 0 Å². The van der Waals surface area contributed by atoms with Crippen LogP contribution in [0.5, 0.6) is 0 Å². The molecule has 0 heterocycles. The van der Waals surface area contributed by atoms with Crippen LogP contribution in [0, 0.1) is 0 Å². The zero-order valence-corrected chi connectivity index (χ0v) is 13.9. The van der Waals surface area contributed by atoms with Gasteiger partial charge in [0.2, 0.25) is 5.91 Å². The minimum Gasteiger partial charge on any atom is -0.352 e. The number of unbranched alkanes of at least 4 members (excludes halogenated alkanes) is 7. The van der Waals surface area contributed by atoms with Gasteiger partial charge < -0.3 is 5.32 Å². The van der Waals surface area contributed by atoms with Crippen molar-refractivity contribution in [3.05, 3.63) is 35.9 Å². The minimum absolute atomic E-state index is 0.174. The van der Waals surface area contributed by atoms with Crippen LogP contribution < -0.4 is 5.32 Å². The molecule has 1 rings (SSSR count). The lowest BCUT2D eigenvalue weighted by molar-refractivity contribution is -0.121. The normalized spacial score (nSPS) is 10.5. The van der Waals surface area contributed by atoms with E-state index >= 15 is 0 Å². The highest BCUT2D eigenvalue weighted by molar-refractivity contribution is 7.80. The van der Waals surface area contributed by atoms with Crippen LogP contribution in [-0.4, -0.2) is 11.7 Å². The zero-order chi connectivity index (χ0) is 15.2. The second-order valence-electron chi connectivity index (χ2n) is 5.56. The third-order valence-corrected chi connectivity index (χ3v) is 3.96. The van der Waals surface area contributed by atoms with Crippen LogP contribution in [0.1, 0.15) is 63.4 Å². The second-order valence-corrected chi connectivity index (χ2v) is 6.01. The van der Waals surface area contributed by atoms with Crippen molar-refractivity contribution < 1.29 is 4.79 Å². The van der Waals surface area contributed by atoms with E-state index in [0.29, 0.717) is 13.0 Å². The molecule has 0 unspecified atom stereocenters. The molecule has 0 saturated carbocycles. The van der Waals surface area contributed by atoms with Gasteiger partial charge in [0.1, 0.15) is 0 Å². The molecule has 0 aliphatic heterocycles. The zero-order valence-electron chi connectivity index (χ0n) is 13.0. The molecule has 0 bridgehead atoms. The number of carbonyl (C=O) groups is 1. The lowest BCUT2D eigenvalue weighted by Gasteiger charge is -2.05. The summed E-state index contributed by atoms with van der Waals surface area (Å²) < 4.78 is 0. The van der Waals surface area contributed by atoms with Gasteiger partial charge in [0.25, 0.3) is 0 Å². The van der Waals surface area contributed by atoms with Crippen LogP contribution in [0.25, 0.3) is 0 Å². The van der Waals surface area contributed by atoms with Gasteiger partial charge in [-0.2, -0.15) is 12.6 Å². The van der Waals surface area contributed by atoms with Crippen molar-refractivity contribution in [2.75, 3.05) is 5.75 Å². The summed E-state index contributed by atoms with van der Waals surface area (Å²) in [5, 5.41) is 2.98. The molecule has 0 aliphatic carbocycles. The van der Waals surface area contributed by atoms with E-state index in [0.717, 1.165) is 17.7 Å². The number of hydrogen-bond donors (Lipinski definition) is 2. The van der Waals surface area contributed by atoms with E-state index in [1.54, 1.807) is 0 Å². The molecule has 118 valence electrons. The van der Waals surface area contributed by atoms with Gasteiger partial charge in [-0.3, -0.25) is 4.79 Å². The fourth-order valence-corrected chi connectivity index (χ4v) is 2.57. The summed E-state index contributed by atoms with van der Waals surface area (Å²) in [6, 6.07) is 10.1. The first kappa shape index (κ1) is 18.1. The van der Waals surface area contributed by atoms with E-state index in [9.17, 15) is 4.79 Å². The van der Waals surface area contributed by atoms with Gasteiger partial charge in [-0.25, -0.2) is 0 Å². The number of thiol groups is 1. The maximum absolute atomic E-state index is 11.7. The van der Waals surface area contributed by atoms with Crippen molar-refractivity contribution in [3.63, 3.8) is 0 Å². The minimum atomic E-state index is 0.174. The molecule has 0 aromatic heterocycles. The third-order valence-electron chi connectivity index (χ3n) is 3.64. The van der Waals surface area contributed by atoms with E-state index in [1.165, 1.54) is 44.9 Å². The van der Waals surface area contributed by atoms with E-state index in [1.807, 2.05) is 30.3 Å². The number of benzene rings is 1. The predicted molar refractivity (Wildman–Crippen MR) is 93.7 cm³/mol. The van der Waals surface area contributed by atoms with Gasteiger partial charge in [0, 0.05) is 13.0 Å². The highest BCUT2D eigenvalue weighted by Gasteiger charge is 2.01. The molecule has 0 aliphatic rings. The largest absolute Gasteiger partial charge is 0.352 e. The Morgan fingerprint density at radius 2 is 1.43 bits per heavy atom. The summed E-state index contributed by atoms with van der Waals surface area (Å²) in [5.41, 5.74) is 1.16. The number of amides is 1. The predicted octanol–water partition coefficient (Wildman–Crippen LogP) is 4.74. The van der Waals surface area contributed by atoms with Crippen LogP contribution >= 0.6 is 12.6 Å². The van der Waals surface area contributed by atoms with Crippen molar-refractivity contribution in [1.82, 2.24) is 5.32 Å². The topological polar surface area (TPSA) is 29.1 Å². The summed E-state index contributed by atoms with van der Waals surface area (Å²) in [5.74, 6) is 1.19. The Kier molecular flexibility index (Phi) is 11.0. The summed E-state index contributed by atoms with van der Waals surface area (Å²) in [7, 11) is 0. The molecule has 1 aromatic carbocycles. The Balaban J connectivity index is 1.89. The van der Waals surface area contributed by atoms with Crippen molar-refractivity contribution in [3.8, 4) is 0 Å². The number of hydrogen-bond acceptors (Lipinski definition) is 2. The first-order valence-corrected chi connectivity index (χ1v) is 8.87. The molecule has 21 heavy (non-hydrogen) atoms. The summed E-state index contributed by atoms with van der Waals surface area (Å²) in [4.78, 5) is 11.7. The Hall–Kier alpha value is -0.960. The van der Waals surface area contributed by atoms with Gasteiger partial charge in [0.05, 0.1) is 0 Å². The van der Waals surface area contributed by atoms with Crippen LogP contribution in [-0.2, 0) is 11.3 Å². The van der Waals surface area contributed by atoms with Gasteiger partial charge in [-0.1, -0.05) is 68.9 Å². The van der Waals surface area contributed by atoms with Crippen molar-refractivity contribution in [2.24, 2.45) is 0 Å². The first-order valence-electron chi connectivity index (χ1n) is 8.24. The van der Waals surface area contributed by atoms with E-state index in [4.69, 9.17) is 0 Å². The molecule has 1 amide bonds.